The molecule has 0 atom stereocenters. The summed E-state index contributed by atoms with van der Waals surface area (Å²) in [6, 6.07) is 24.2. The van der Waals surface area contributed by atoms with Crippen LogP contribution in [0.2, 0.25) is 0 Å². The van der Waals surface area contributed by atoms with Crippen molar-refractivity contribution in [3.05, 3.63) is 90.0 Å². The van der Waals surface area contributed by atoms with Gasteiger partial charge in [-0.2, -0.15) is 4.80 Å². The smallest absolute Gasteiger partial charge is 0.242 e. The molecule has 0 bridgehead atoms. The number of nitrogens with two attached hydrogens (primary N) is 1. The van der Waals surface area contributed by atoms with E-state index in [-0.39, 0.29) is 28.5 Å². The molecule has 5 N–H and O–H groups in total. The third-order valence-corrected chi connectivity index (χ3v) is 10.9. The van der Waals surface area contributed by atoms with E-state index < -0.39 is 10.0 Å². The molecule has 0 radical (unpaired) electrons. The van der Waals surface area contributed by atoms with Crippen molar-refractivity contribution in [1.29, 1.82) is 0 Å². The minimum absolute atomic E-state index is 0.0706. The maximum absolute atomic E-state index is 14.5. The molecule has 3 heterocycles. The topological polar surface area (TPSA) is 175 Å². The first-order valence-electron chi connectivity index (χ1n) is 15.1. The standard InChI is InChI=1S/C33H33N9O4S2/c1-45-23-8-3-20(4-9-23)16-36-48(43,44)31-29(47-25-17-35-18-25)14-12-26(22-7-13-27-28(15-22)38-33(34)37-27)30(31)32-39-41-42(40-32)19-21-5-10-24(46-2)11-6-21/h3-15,25,35-36H,16-19H2,1-2H3,(H3,34,37,38). The zero-order valence-corrected chi connectivity index (χ0v) is 27.8. The van der Waals surface area contributed by atoms with Crippen LogP contribution in [-0.2, 0) is 23.1 Å². The first-order valence-corrected chi connectivity index (χ1v) is 17.5. The molecule has 6 aromatic rings. The van der Waals surface area contributed by atoms with Crippen LogP contribution in [0.1, 0.15) is 11.1 Å². The lowest BCUT2D eigenvalue weighted by atomic mass is 9.98. The second-order valence-electron chi connectivity index (χ2n) is 11.2. The summed E-state index contributed by atoms with van der Waals surface area (Å²) in [4.78, 5) is 9.58. The number of anilines is 1. The predicted octanol–water partition coefficient (Wildman–Crippen LogP) is 4.07. The Balaban J connectivity index is 1.36. The molecular weight excluding hydrogens is 651 g/mol. The van der Waals surface area contributed by atoms with Crippen LogP contribution in [0.25, 0.3) is 33.5 Å². The van der Waals surface area contributed by atoms with E-state index in [9.17, 15) is 8.42 Å². The van der Waals surface area contributed by atoms with Gasteiger partial charge in [0.15, 0.2) is 5.95 Å². The van der Waals surface area contributed by atoms with Crippen molar-refractivity contribution < 1.29 is 17.9 Å². The minimum atomic E-state index is -4.13. The molecule has 0 amide bonds. The maximum Gasteiger partial charge on any atom is 0.242 e. The van der Waals surface area contributed by atoms with Gasteiger partial charge in [-0.15, -0.1) is 22.0 Å². The summed E-state index contributed by atoms with van der Waals surface area (Å²) in [6.45, 7) is 1.94. The molecule has 4 aromatic carbocycles. The van der Waals surface area contributed by atoms with Crippen LogP contribution in [0.3, 0.4) is 0 Å². The molecule has 1 aliphatic heterocycles. The number of nitrogens with zero attached hydrogens (tertiary/aromatic N) is 5. The van der Waals surface area contributed by atoms with Crippen LogP contribution in [0.15, 0.2) is 88.7 Å². The maximum atomic E-state index is 14.5. The lowest BCUT2D eigenvalue weighted by molar-refractivity contribution is 0.414. The van der Waals surface area contributed by atoms with Crippen molar-refractivity contribution in [3.63, 3.8) is 0 Å². The van der Waals surface area contributed by atoms with Gasteiger partial charge in [0.05, 0.1) is 37.4 Å². The summed E-state index contributed by atoms with van der Waals surface area (Å²) < 4.78 is 42.4. The molecule has 7 rings (SSSR count). The van der Waals surface area contributed by atoms with E-state index in [4.69, 9.17) is 20.3 Å². The summed E-state index contributed by atoms with van der Waals surface area (Å²) in [6.07, 6.45) is 0. The molecule has 1 saturated heterocycles. The molecule has 0 spiro atoms. The van der Waals surface area contributed by atoms with Gasteiger partial charge >= 0.3 is 0 Å². The fraction of sp³-hybridized carbons (Fsp3) is 0.212. The minimum Gasteiger partial charge on any atom is -0.497 e. The number of rotatable bonds is 12. The third-order valence-electron chi connectivity index (χ3n) is 8.03. The zero-order chi connectivity index (χ0) is 33.3. The molecule has 0 aliphatic carbocycles. The number of benzene rings is 4. The summed E-state index contributed by atoms with van der Waals surface area (Å²) >= 11 is 1.52. The van der Waals surface area contributed by atoms with Crippen molar-refractivity contribution in [2.75, 3.05) is 33.0 Å². The van der Waals surface area contributed by atoms with Gasteiger partial charge in [-0.25, -0.2) is 18.1 Å². The highest BCUT2D eigenvalue weighted by Crippen LogP contribution is 2.43. The summed E-state index contributed by atoms with van der Waals surface area (Å²) in [5.74, 6) is 1.89. The van der Waals surface area contributed by atoms with Gasteiger partial charge in [-0.3, -0.25) is 0 Å². The number of tetrazole rings is 1. The lowest BCUT2D eigenvalue weighted by Crippen LogP contribution is -2.44. The number of thioether (sulfide) groups is 1. The Morgan fingerprint density at radius 2 is 1.67 bits per heavy atom. The SMILES string of the molecule is COc1ccc(CNS(=O)(=O)c2c(SC3CNC3)ccc(-c3ccc4[nH]c(N)nc4c3)c2-c2nnn(Cc3ccc(OC)cc3)n2)cc1. The Labute approximate surface area is 281 Å². The second kappa shape index (κ2) is 13.3. The van der Waals surface area contributed by atoms with E-state index >= 15 is 0 Å². The predicted molar refractivity (Wildman–Crippen MR) is 184 cm³/mol. The van der Waals surface area contributed by atoms with Crippen LogP contribution >= 0.6 is 11.8 Å². The van der Waals surface area contributed by atoms with Gasteiger partial charge in [-0.1, -0.05) is 36.4 Å². The first-order chi connectivity index (χ1) is 23.3. The normalized spacial score (nSPS) is 13.5. The number of hydrogen-bond donors (Lipinski definition) is 4. The van der Waals surface area contributed by atoms with Crippen molar-refractivity contribution in [2.24, 2.45) is 0 Å². The Bertz CT molecular complexity index is 2180. The van der Waals surface area contributed by atoms with Crippen molar-refractivity contribution in [3.8, 4) is 34.0 Å². The Morgan fingerprint density at radius 1 is 0.958 bits per heavy atom. The van der Waals surface area contributed by atoms with E-state index in [1.54, 1.807) is 26.4 Å². The van der Waals surface area contributed by atoms with Crippen molar-refractivity contribution in [1.82, 2.24) is 40.2 Å². The number of ether oxygens (including phenoxy) is 2. The molecule has 2 aromatic heterocycles. The van der Waals surface area contributed by atoms with Gasteiger partial charge in [-0.05, 0) is 69.9 Å². The van der Waals surface area contributed by atoms with Gasteiger partial charge in [0.2, 0.25) is 15.8 Å². The van der Waals surface area contributed by atoms with E-state index in [1.807, 2.05) is 66.7 Å². The number of methoxy groups -OCH3 is 2. The Hall–Kier alpha value is -4.96. The summed E-state index contributed by atoms with van der Waals surface area (Å²) in [5.41, 5.74) is 10.7. The highest BCUT2D eigenvalue weighted by Gasteiger charge is 2.31. The highest BCUT2D eigenvalue weighted by atomic mass is 32.2. The van der Waals surface area contributed by atoms with Crippen LogP contribution in [-0.4, -0.2) is 71.2 Å². The molecule has 15 heteroatoms. The quantitative estimate of drug-likeness (QED) is 0.146. The number of fused-ring (bicyclic) bond motifs is 1. The highest BCUT2D eigenvalue weighted by molar-refractivity contribution is 8.00. The van der Waals surface area contributed by atoms with E-state index in [0.29, 0.717) is 33.8 Å². The number of nitrogens with one attached hydrogen (secondary N) is 3. The Kier molecular flexibility index (Phi) is 8.75. The number of aromatic amines is 1. The number of imidazole rings is 1. The fourth-order valence-electron chi connectivity index (χ4n) is 5.40. The molecule has 48 heavy (non-hydrogen) atoms. The van der Waals surface area contributed by atoms with Crippen LogP contribution in [0.5, 0.6) is 11.5 Å². The lowest BCUT2D eigenvalue weighted by Gasteiger charge is -2.28. The van der Waals surface area contributed by atoms with Gasteiger partial charge in [0.25, 0.3) is 0 Å². The number of aromatic nitrogens is 6. The second-order valence-corrected chi connectivity index (χ2v) is 14.3. The number of sulfonamides is 1. The monoisotopic (exact) mass is 683 g/mol. The molecule has 0 saturated carbocycles. The van der Waals surface area contributed by atoms with Crippen LogP contribution in [0, 0.1) is 0 Å². The van der Waals surface area contributed by atoms with Crippen molar-refractivity contribution >= 4 is 38.8 Å². The molecule has 0 unspecified atom stereocenters. The van der Waals surface area contributed by atoms with E-state index in [1.165, 1.54) is 16.6 Å². The molecular formula is C33H33N9O4S2. The van der Waals surface area contributed by atoms with E-state index in [0.717, 1.165) is 41.0 Å². The van der Waals surface area contributed by atoms with Gasteiger partial charge < -0.3 is 25.5 Å². The molecule has 13 nitrogen and oxygen atoms in total. The average molecular weight is 684 g/mol. The number of hydrogen-bond acceptors (Lipinski definition) is 11. The van der Waals surface area contributed by atoms with Crippen LogP contribution < -0.4 is 25.2 Å². The number of H-pyrrole nitrogens is 1. The summed E-state index contributed by atoms with van der Waals surface area (Å²) in [5, 5.41) is 17.0. The van der Waals surface area contributed by atoms with E-state index in [2.05, 4.69) is 30.3 Å². The van der Waals surface area contributed by atoms with Gasteiger partial charge in [0.1, 0.15) is 16.4 Å². The Morgan fingerprint density at radius 3 is 2.33 bits per heavy atom. The number of nitrogen functional groups attached to an aromatic ring is 1. The zero-order valence-electron chi connectivity index (χ0n) is 26.2. The largest absolute Gasteiger partial charge is 0.497 e. The fourth-order valence-corrected chi connectivity index (χ4v) is 8.30. The molecule has 1 aliphatic rings. The molecule has 246 valence electrons. The first kappa shape index (κ1) is 31.6. The molecule has 1 fully saturated rings. The van der Waals surface area contributed by atoms with Crippen LogP contribution in [0.4, 0.5) is 5.95 Å². The van der Waals surface area contributed by atoms with Crippen molar-refractivity contribution in [2.45, 2.75) is 28.1 Å². The summed E-state index contributed by atoms with van der Waals surface area (Å²) in [7, 11) is -0.935. The average Bonchev–Trinajstić information content (AvgIpc) is 3.70. The third kappa shape index (κ3) is 6.57. The van der Waals surface area contributed by atoms with Gasteiger partial charge in [0, 0.05) is 29.8 Å².